The van der Waals surface area contributed by atoms with Crippen molar-refractivity contribution in [1.29, 1.82) is 0 Å². The zero-order chi connectivity index (χ0) is 19.3. The molecule has 0 saturated heterocycles. The summed E-state index contributed by atoms with van der Waals surface area (Å²) in [5, 5.41) is 0. The van der Waals surface area contributed by atoms with Crippen LogP contribution in [-0.4, -0.2) is 30.3 Å². The number of nitrogens with zero attached hydrogens (tertiary/aromatic N) is 4. The largest absolute Gasteiger partial charge is 0.347 e. The van der Waals surface area contributed by atoms with E-state index in [0.717, 1.165) is 22.5 Å². The maximum Gasteiger partial charge on any atom is 0.272 e. The van der Waals surface area contributed by atoms with Gasteiger partial charge in [0.25, 0.3) is 5.91 Å². The lowest BCUT2D eigenvalue weighted by Gasteiger charge is -2.23. The van der Waals surface area contributed by atoms with E-state index in [1.165, 1.54) is 0 Å². The Morgan fingerprint density at radius 3 is 2.57 bits per heavy atom. The molecule has 0 atom stereocenters. The molecule has 1 N–H and O–H groups in total. The zero-order valence-corrected chi connectivity index (χ0v) is 15.6. The highest BCUT2D eigenvalue weighted by molar-refractivity contribution is 5.92. The number of amides is 1. The summed E-state index contributed by atoms with van der Waals surface area (Å²) in [6.07, 6.45) is 6.69. The third kappa shape index (κ3) is 3.71. The number of rotatable bonds is 6. The van der Waals surface area contributed by atoms with Crippen LogP contribution in [0, 0.1) is 0 Å². The van der Waals surface area contributed by atoms with Gasteiger partial charge in [-0.2, -0.15) is 0 Å². The van der Waals surface area contributed by atoms with E-state index in [9.17, 15) is 4.79 Å². The summed E-state index contributed by atoms with van der Waals surface area (Å²) in [4.78, 5) is 26.5. The first kappa shape index (κ1) is 17.7. The SMILES string of the molecule is Cn1cncc1C(=O)N(Cc1ncc[nH]1)Cc1ccccc1-c1ccccc1. The molecule has 6 heteroatoms. The first-order chi connectivity index (χ1) is 13.7. The van der Waals surface area contributed by atoms with Gasteiger partial charge in [-0.05, 0) is 16.7 Å². The summed E-state index contributed by atoms with van der Waals surface area (Å²) in [6, 6.07) is 18.4. The Morgan fingerprint density at radius 1 is 1.07 bits per heavy atom. The summed E-state index contributed by atoms with van der Waals surface area (Å²) in [5.74, 6) is 0.659. The normalized spacial score (nSPS) is 10.8. The Labute approximate surface area is 163 Å². The van der Waals surface area contributed by atoms with Crippen molar-refractivity contribution >= 4 is 5.91 Å². The number of aromatic nitrogens is 4. The van der Waals surface area contributed by atoms with Crippen molar-refractivity contribution in [3.63, 3.8) is 0 Å². The number of hydrogen-bond acceptors (Lipinski definition) is 3. The van der Waals surface area contributed by atoms with E-state index in [1.807, 2.05) is 37.4 Å². The van der Waals surface area contributed by atoms with Crippen LogP contribution in [0.5, 0.6) is 0 Å². The highest BCUT2D eigenvalue weighted by Crippen LogP contribution is 2.25. The number of H-pyrrole nitrogens is 1. The van der Waals surface area contributed by atoms with Crippen LogP contribution in [0.15, 0.2) is 79.5 Å². The first-order valence-corrected chi connectivity index (χ1v) is 9.09. The lowest BCUT2D eigenvalue weighted by atomic mass is 9.99. The van der Waals surface area contributed by atoms with Crippen LogP contribution in [0.1, 0.15) is 21.9 Å². The lowest BCUT2D eigenvalue weighted by Crippen LogP contribution is -2.32. The monoisotopic (exact) mass is 371 g/mol. The van der Waals surface area contributed by atoms with Gasteiger partial charge in [0.15, 0.2) is 0 Å². The van der Waals surface area contributed by atoms with Crippen LogP contribution in [0.4, 0.5) is 0 Å². The van der Waals surface area contributed by atoms with Gasteiger partial charge < -0.3 is 14.5 Å². The molecule has 4 aromatic rings. The predicted octanol–water partition coefficient (Wildman–Crippen LogP) is 3.65. The Bertz CT molecular complexity index is 1050. The van der Waals surface area contributed by atoms with Crippen molar-refractivity contribution in [3.8, 4) is 11.1 Å². The van der Waals surface area contributed by atoms with Crippen molar-refractivity contribution < 1.29 is 4.79 Å². The molecule has 0 fully saturated rings. The minimum absolute atomic E-state index is 0.0840. The number of benzene rings is 2. The average molecular weight is 371 g/mol. The van der Waals surface area contributed by atoms with Gasteiger partial charge in [0.2, 0.25) is 0 Å². The number of nitrogens with one attached hydrogen (secondary N) is 1. The molecule has 0 radical (unpaired) electrons. The molecule has 0 aliphatic carbocycles. The van der Waals surface area contributed by atoms with E-state index in [2.05, 4.69) is 39.2 Å². The standard InChI is InChI=1S/C22H21N5O/c1-26-16-23-13-20(26)22(28)27(15-21-24-11-12-25-21)14-18-9-5-6-10-19(18)17-7-3-2-4-8-17/h2-13,16H,14-15H2,1H3,(H,24,25). The summed E-state index contributed by atoms with van der Waals surface area (Å²) in [6.45, 7) is 0.857. The minimum atomic E-state index is -0.0840. The van der Waals surface area contributed by atoms with Crippen molar-refractivity contribution in [3.05, 3.63) is 96.6 Å². The quantitative estimate of drug-likeness (QED) is 0.562. The molecule has 0 bridgehead atoms. The Morgan fingerprint density at radius 2 is 1.86 bits per heavy atom. The van der Waals surface area contributed by atoms with E-state index < -0.39 is 0 Å². The van der Waals surface area contributed by atoms with Gasteiger partial charge in [-0.25, -0.2) is 9.97 Å². The first-order valence-electron chi connectivity index (χ1n) is 9.09. The van der Waals surface area contributed by atoms with E-state index in [-0.39, 0.29) is 5.91 Å². The molecule has 0 unspecified atom stereocenters. The molecule has 0 saturated carbocycles. The van der Waals surface area contributed by atoms with Gasteiger partial charge in [-0.15, -0.1) is 0 Å². The van der Waals surface area contributed by atoms with Crippen LogP contribution in [0.25, 0.3) is 11.1 Å². The number of carbonyl (C=O) groups is 1. The summed E-state index contributed by atoms with van der Waals surface area (Å²) >= 11 is 0. The topological polar surface area (TPSA) is 66.8 Å². The third-order valence-corrected chi connectivity index (χ3v) is 4.68. The molecule has 2 heterocycles. The maximum atomic E-state index is 13.2. The number of imidazole rings is 2. The van der Waals surface area contributed by atoms with Crippen molar-refractivity contribution in [2.24, 2.45) is 7.05 Å². The molecular formula is C22H21N5O. The van der Waals surface area contributed by atoms with Gasteiger partial charge in [0.1, 0.15) is 11.5 Å². The lowest BCUT2D eigenvalue weighted by molar-refractivity contribution is 0.0716. The molecule has 6 nitrogen and oxygen atoms in total. The van der Waals surface area contributed by atoms with E-state index in [1.54, 1.807) is 34.4 Å². The Balaban J connectivity index is 1.69. The molecule has 4 rings (SSSR count). The van der Waals surface area contributed by atoms with E-state index in [0.29, 0.717) is 18.8 Å². The fourth-order valence-corrected chi connectivity index (χ4v) is 3.25. The van der Waals surface area contributed by atoms with E-state index >= 15 is 0 Å². The average Bonchev–Trinajstić information content (AvgIpc) is 3.40. The molecule has 2 aromatic carbocycles. The van der Waals surface area contributed by atoms with Gasteiger partial charge >= 0.3 is 0 Å². The second-order valence-electron chi connectivity index (χ2n) is 6.61. The fraction of sp³-hybridized carbons (Fsp3) is 0.136. The van der Waals surface area contributed by atoms with Crippen molar-refractivity contribution in [1.82, 2.24) is 24.4 Å². The summed E-state index contributed by atoms with van der Waals surface area (Å²) < 4.78 is 1.74. The highest BCUT2D eigenvalue weighted by Gasteiger charge is 2.21. The highest BCUT2D eigenvalue weighted by atomic mass is 16.2. The van der Waals surface area contributed by atoms with Gasteiger partial charge in [-0.3, -0.25) is 4.79 Å². The Kier molecular flexibility index (Phi) is 5.01. The van der Waals surface area contributed by atoms with Crippen LogP contribution in [0.2, 0.25) is 0 Å². The molecule has 140 valence electrons. The van der Waals surface area contributed by atoms with Crippen LogP contribution >= 0.6 is 0 Å². The number of aromatic amines is 1. The molecule has 0 aliphatic heterocycles. The Hall–Kier alpha value is -3.67. The van der Waals surface area contributed by atoms with Gasteiger partial charge in [0.05, 0.1) is 19.1 Å². The molecule has 1 amide bonds. The molecule has 0 spiro atoms. The molecule has 0 aliphatic rings. The third-order valence-electron chi connectivity index (χ3n) is 4.68. The molecule has 28 heavy (non-hydrogen) atoms. The fourth-order valence-electron chi connectivity index (χ4n) is 3.25. The van der Waals surface area contributed by atoms with Crippen molar-refractivity contribution in [2.75, 3.05) is 0 Å². The van der Waals surface area contributed by atoms with Crippen LogP contribution in [-0.2, 0) is 20.1 Å². The molecule has 2 aromatic heterocycles. The summed E-state index contributed by atoms with van der Waals surface area (Å²) in [5.41, 5.74) is 3.87. The zero-order valence-electron chi connectivity index (χ0n) is 15.6. The van der Waals surface area contributed by atoms with Gasteiger partial charge in [0, 0.05) is 26.0 Å². The van der Waals surface area contributed by atoms with Crippen molar-refractivity contribution in [2.45, 2.75) is 13.1 Å². The van der Waals surface area contributed by atoms with E-state index in [4.69, 9.17) is 0 Å². The smallest absolute Gasteiger partial charge is 0.272 e. The number of hydrogen-bond donors (Lipinski definition) is 1. The molecular weight excluding hydrogens is 350 g/mol. The van der Waals surface area contributed by atoms with Gasteiger partial charge in [-0.1, -0.05) is 54.6 Å². The van der Waals surface area contributed by atoms with Crippen LogP contribution < -0.4 is 0 Å². The maximum absolute atomic E-state index is 13.2. The second kappa shape index (κ2) is 7.92. The van der Waals surface area contributed by atoms with Crippen LogP contribution in [0.3, 0.4) is 0 Å². The number of aryl methyl sites for hydroxylation is 1. The second-order valence-corrected chi connectivity index (χ2v) is 6.61. The minimum Gasteiger partial charge on any atom is -0.347 e. The summed E-state index contributed by atoms with van der Waals surface area (Å²) in [7, 11) is 1.82. The predicted molar refractivity (Wildman–Crippen MR) is 107 cm³/mol. The number of carbonyl (C=O) groups excluding carboxylic acids is 1.